The third kappa shape index (κ3) is 8.38. The first-order valence-corrected chi connectivity index (χ1v) is 15.3. The Morgan fingerprint density at radius 1 is 0.951 bits per heavy atom. The van der Waals surface area contributed by atoms with Crippen molar-refractivity contribution in [3.63, 3.8) is 0 Å². The van der Waals surface area contributed by atoms with Gasteiger partial charge in [-0.05, 0) is 67.8 Å². The molecule has 0 saturated carbocycles. The van der Waals surface area contributed by atoms with Crippen LogP contribution < -0.4 is 14.4 Å². The Morgan fingerprint density at radius 3 is 2.17 bits per heavy atom. The van der Waals surface area contributed by atoms with E-state index in [1.165, 1.54) is 35.2 Å². The lowest BCUT2D eigenvalue weighted by molar-refractivity contribution is -0.139. The fourth-order valence-electron chi connectivity index (χ4n) is 3.99. The van der Waals surface area contributed by atoms with E-state index in [9.17, 15) is 18.0 Å². The molecule has 3 rings (SSSR count). The summed E-state index contributed by atoms with van der Waals surface area (Å²) in [5.41, 5.74) is 1.66. The Balaban J connectivity index is 2.05. The number of anilines is 1. The largest absolute Gasteiger partial charge is 0.497 e. The molecule has 0 radical (unpaired) electrons. The summed E-state index contributed by atoms with van der Waals surface area (Å²) in [4.78, 5) is 28.4. The van der Waals surface area contributed by atoms with E-state index in [2.05, 4.69) is 5.32 Å². The molecule has 41 heavy (non-hydrogen) atoms. The van der Waals surface area contributed by atoms with E-state index in [1.807, 2.05) is 20.8 Å². The molecule has 3 aromatic carbocycles. The smallest absolute Gasteiger partial charge is 0.264 e. The van der Waals surface area contributed by atoms with Crippen LogP contribution in [0.5, 0.6) is 5.75 Å². The molecule has 3 aromatic rings. The first-order valence-electron chi connectivity index (χ1n) is 13.1. The molecule has 0 unspecified atom stereocenters. The van der Waals surface area contributed by atoms with Gasteiger partial charge >= 0.3 is 0 Å². The molecule has 0 aliphatic heterocycles. The minimum Gasteiger partial charge on any atom is -0.497 e. The van der Waals surface area contributed by atoms with Crippen molar-refractivity contribution < 1.29 is 22.7 Å². The van der Waals surface area contributed by atoms with E-state index in [4.69, 9.17) is 27.9 Å². The fourth-order valence-corrected chi connectivity index (χ4v) is 5.85. The number of amides is 2. The zero-order chi connectivity index (χ0) is 30.3. The van der Waals surface area contributed by atoms with Gasteiger partial charge in [-0.15, -0.1) is 0 Å². The molecule has 0 spiro atoms. The molecule has 11 heteroatoms. The maximum atomic E-state index is 14.0. The van der Waals surface area contributed by atoms with Crippen LogP contribution in [0.1, 0.15) is 31.9 Å². The number of benzene rings is 3. The SMILES string of the molecule is COc1ccc(CN(C(=O)CN(c2cc(Cl)ccc2Cl)S(=O)(=O)c2ccc(C)cc2)[C@H](C)C(=O)NCC(C)C)cc1. The number of nitrogens with zero attached hydrogens (tertiary/aromatic N) is 2. The highest BCUT2D eigenvalue weighted by Gasteiger charge is 2.33. The number of methoxy groups -OCH3 is 1. The number of sulfonamides is 1. The van der Waals surface area contributed by atoms with Gasteiger partial charge in [0.1, 0.15) is 18.3 Å². The summed E-state index contributed by atoms with van der Waals surface area (Å²) >= 11 is 12.7. The minimum atomic E-state index is -4.26. The maximum Gasteiger partial charge on any atom is 0.264 e. The number of ether oxygens (including phenoxy) is 1. The summed E-state index contributed by atoms with van der Waals surface area (Å²) in [6.45, 7) is 7.26. The Kier molecular flexibility index (Phi) is 11.1. The third-order valence-electron chi connectivity index (χ3n) is 6.43. The number of halogens is 2. The quantitative estimate of drug-likeness (QED) is 0.281. The Morgan fingerprint density at radius 2 is 1.59 bits per heavy atom. The summed E-state index contributed by atoms with van der Waals surface area (Å²) in [6, 6.07) is 16.9. The molecule has 8 nitrogen and oxygen atoms in total. The van der Waals surface area contributed by atoms with Crippen LogP contribution in [0.2, 0.25) is 10.0 Å². The van der Waals surface area contributed by atoms with Crippen LogP contribution in [-0.2, 0) is 26.2 Å². The first-order chi connectivity index (χ1) is 19.3. The number of hydrogen-bond acceptors (Lipinski definition) is 5. The molecule has 0 saturated heterocycles. The molecule has 0 aliphatic carbocycles. The van der Waals surface area contributed by atoms with Crippen molar-refractivity contribution in [2.75, 3.05) is 24.5 Å². The summed E-state index contributed by atoms with van der Waals surface area (Å²) in [6.07, 6.45) is 0. The summed E-state index contributed by atoms with van der Waals surface area (Å²) < 4.78 is 34.0. The number of nitrogens with one attached hydrogen (secondary N) is 1. The van der Waals surface area contributed by atoms with Crippen LogP contribution in [0.15, 0.2) is 71.6 Å². The molecule has 0 fully saturated rings. The lowest BCUT2D eigenvalue weighted by atomic mass is 10.1. The van der Waals surface area contributed by atoms with E-state index in [-0.39, 0.29) is 39.0 Å². The highest BCUT2D eigenvalue weighted by molar-refractivity contribution is 7.92. The lowest BCUT2D eigenvalue weighted by Crippen LogP contribution is -2.51. The molecular weight excluding hydrogens is 585 g/mol. The van der Waals surface area contributed by atoms with Crippen molar-refractivity contribution in [3.8, 4) is 5.75 Å². The van der Waals surface area contributed by atoms with E-state index in [0.717, 1.165) is 15.4 Å². The van der Waals surface area contributed by atoms with Gasteiger partial charge in [0, 0.05) is 18.1 Å². The number of carbonyl (C=O) groups excluding carboxylic acids is 2. The van der Waals surface area contributed by atoms with Gasteiger partial charge in [-0.2, -0.15) is 0 Å². The number of carbonyl (C=O) groups is 2. The lowest BCUT2D eigenvalue weighted by Gasteiger charge is -2.32. The molecule has 0 bridgehead atoms. The van der Waals surface area contributed by atoms with Gasteiger partial charge in [-0.1, -0.05) is 66.9 Å². The van der Waals surface area contributed by atoms with Crippen LogP contribution >= 0.6 is 23.2 Å². The fraction of sp³-hybridized carbons (Fsp3) is 0.333. The van der Waals surface area contributed by atoms with E-state index >= 15 is 0 Å². The monoisotopic (exact) mass is 619 g/mol. The number of aryl methyl sites for hydroxylation is 1. The molecule has 1 atom stereocenters. The van der Waals surface area contributed by atoms with Gasteiger partial charge < -0.3 is 15.0 Å². The van der Waals surface area contributed by atoms with Crippen molar-refractivity contribution >= 4 is 50.7 Å². The second-order valence-electron chi connectivity index (χ2n) is 10.1. The van der Waals surface area contributed by atoms with Crippen LogP contribution in [0.3, 0.4) is 0 Å². The highest BCUT2D eigenvalue weighted by atomic mass is 35.5. The van der Waals surface area contributed by atoms with Gasteiger partial charge in [0.05, 0.1) is 22.7 Å². The van der Waals surface area contributed by atoms with Crippen LogP contribution in [0.4, 0.5) is 5.69 Å². The molecular formula is C30H35Cl2N3O5S. The molecule has 220 valence electrons. The Bertz CT molecular complexity index is 1460. The van der Waals surface area contributed by atoms with E-state index in [0.29, 0.717) is 12.3 Å². The standard InChI is InChI=1S/C30H35Cl2N3O5S/c1-20(2)17-33-30(37)22(4)34(18-23-8-11-25(40-5)12-9-23)29(36)19-35(28-16-24(31)10-15-27(28)32)41(38,39)26-13-6-21(3)7-14-26/h6-16,20,22H,17-19H2,1-5H3,(H,33,37)/t22-/m1/s1. The van der Waals surface area contributed by atoms with E-state index < -0.39 is 28.5 Å². The molecule has 1 N–H and O–H groups in total. The number of rotatable bonds is 12. The predicted octanol–water partition coefficient (Wildman–Crippen LogP) is 5.70. The van der Waals surface area contributed by atoms with Gasteiger partial charge in [0.15, 0.2) is 0 Å². The zero-order valence-corrected chi connectivity index (χ0v) is 26.1. The number of hydrogen-bond donors (Lipinski definition) is 1. The van der Waals surface area contributed by atoms with Crippen molar-refractivity contribution in [1.82, 2.24) is 10.2 Å². The molecule has 0 heterocycles. The Hall–Kier alpha value is -3.27. The maximum absolute atomic E-state index is 14.0. The first kappa shape index (κ1) is 32.2. The van der Waals surface area contributed by atoms with Crippen molar-refractivity contribution in [2.45, 2.75) is 45.2 Å². The van der Waals surface area contributed by atoms with Crippen LogP contribution in [0.25, 0.3) is 0 Å². The third-order valence-corrected chi connectivity index (χ3v) is 8.76. The molecule has 2 amide bonds. The summed E-state index contributed by atoms with van der Waals surface area (Å²) in [5, 5.41) is 3.21. The van der Waals surface area contributed by atoms with E-state index in [1.54, 1.807) is 50.4 Å². The second kappa shape index (κ2) is 14.1. The normalized spacial score (nSPS) is 12.1. The van der Waals surface area contributed by atoms with Crippen molar-refractivity contribution in [2.24, 2.45) is 5.92 Å². The van der Waals surface area contributed by atoms with Gasteiger partial charge in [-0.25, -0.2) is 8.42 Å². The van der Waals surface area contributed by atoms with Crippen LogP contribution in [0, 0.1) is 12.8 Å². The minimum absolute atomic E-state index is 0.0172. The van der Waals surface area contributed by atoms with Crippen molar-refractivity contribution in [3.05, 3.63) is 87.9 Å². The zero-order valence-electron chi connectivity index (χ0n) is 23.7. The Labute approximate surface area is 252 Å². The van der Waals surface area contributed by atoms with Crippen LogP contribution in [-0.4, -0.2) is 51.4 Å². The highest BCUT2D eigenvalue weighted by Crippen LogP contribution is 2.33. The molecule has 0 aromatic heterocycles. The van der Waals surface area contributed by atoms with Crippen molar-refractivity contribution in [1.29, 1.82) is 0 Å². The molecule has 0 aliphatic rings. The average molecular weight is 621 g/mol. The average Bonchev–Trinajstić information content (AvgIpc) is 2.94. The van der Waals surface area contributed by atoms with Gasteiger partial charge in [0.2, 0.25) is 11.8 Å². The second-order valence-corrected chi connectivity index (χ2v) is 12.8. The predicted molar refractivity (Wildman–Crippen MR) is 163 cm³/mol. The topological polar surface area (TPSA) is 96.0 Å². The van der Waals surface area contributed by atoms with Gasteiger partial charge in [0.25, 0.3) is 10.0 Å². The summed E-state index contributed by atoms with van der Waals surface area (Å²) in [7, 11) is -2.71. The van der Waals surface area contributed by atoms with Gasteiger partial charge in [-0.3, -0.25) is 13.9 Å². The summed E-state index contributed by atoms with van der Waals surface area (Å²) in [5.74, 6) is -0.105.